The average molecular weight is 433 g/mol. The summed E-state index contributed by atoms with van der Waals surface area (Å²) in [4.78, 5) is 43.6. The summed E-state index contributed by atoms with van der Waals surface area (Å²) in [5.74, 6) is 0.336. The Morgan fingerprint density at radius 2 is 1.88 bits per heavy atom. The van der Waals surface area contributed by atoms with Crippen LogP contribution >= 0.6 is 0 Å². The van der Waals surface area contributed by atoms with Crippen LogP contribution in [0.1, 0.15) is 47.1 Å². The molecule has 1 fully saturated rings. The molecule has 3 aromatic heterocycles. The number of aromatic nitrogens is 4. The lowest BCUT2D eigenvalue weighted by Gasteiger charge is -2.36. The van der Waals surface area contributed by atoms with Gasteiger partial charge in [-0.3, -0.25) is 14.6 Å². The molecule has 1 aliphatic rings. The molecule has 1 atom stereocenters. The van der Waals surface area contributed by atoms with Crippen molar-refractivity contribution in [2.24, 2.45) is 7.05 Å². The molecule has 3 aromatic rings. The number of pyridine rings is 2. The molecule has 0 bridgehead atoms. The number of hydrogen-bond donors (Lipinski definition) is 0. The number of amides is 1. The first-order valence-corrected chi connectivity index (χ1v) is 10.8. The van der Waals surface area contributed by atoms with Crippen molar-refractivity contribution in [3.63, 3.8) is 0 Å². The van der Waals surface area contributed by atoms with Crippen LogP contribution in [-0.2, 0) is 7.05 Å². The summed E-state index contributed by atoms with van der Waals surface area (Å²) >= 11 is 0. The molecular weight excluding hydrogens is 404 g/mol. The van der Waals surface area contributed by atoms with E-state index in [0.717, 1.165) is 41.8 Å². The van der Waals surface area contributed by atoms with Crippen LogP contribution in [0, 0.1) is 6.92 Å². The lowest BCUT2D eigenvalue weighted by Crippen LogP contribution is -2.42. The summed E-state index contributed by atoms with van der Waals surface area (Å²) in [6, 6.07) is 7.04. The zero-order valence-electron chi connectivity index (χ0n) is 18.9. The van der Waals surface area contributed by atoms with E-state index < -0.39 is 0 Å². The average Bonchev–Trinajstić information content (AvgIpc) is 2.82. The van der Waals surface area contributed by atoms with Gasteiger partial charge in [0.2, 0.25) is 5.95 Å². The number of likely N-dealkylation sites (tertiary alicyclic amines) is 1. The SMILES string of the molecule is Cc1ccc(C(=O)N2CCCC[C@@H]2c2nc(N(C)C)ncc2-c2ccncc2)c(=O)n1C. The molecule has 1 aliphatic heterocycles. The van der Waals surface area contributed by atoms with E-state index in [9.17, 15) is 9.59 Å². The van der Waals surface area contributed by atoms with Gasteiger partial charge in [-0.25, -0.2) is 9.97 Å². The second-order valence-electron chi connectivity index (χ2n) is 8.36. The van der Waals surface area contributed by atoms with E-state index in [1.54, 1.807) is 25.5 Å². The lowest BCUT2D eigenvalue weighted by atomic mass is 9.93. The summed E-state index contributed by atoms with van der Waals surface area (Å²) < 4.78 is 1.52. The fourth-order valence-corrected chi connectivity index (χ4v) is 4.11. The number of rotatable bonds is 4. The van der Waals surface area contributed by atoms with Gasteiger partial charge in [0.05, 0.1) is 11.7 Å². The second-order valence-corrected chi connectivity index (χ2v) is 8.36. The molecule has 1 amide bonds. The third-order valence-corrected chi connectivity index (χ3v) is 6.06. The number of aryl methyl sites for hydroxylation is 1. The van der Waals surface area contributed by atoms with Crippen molar-refractivity contribution >= 4 is 11.9 Å². The first kappa shape index (κ1) is 21.7. The molecule has 0 N–H and O–H groups in total. The fraction of sp³-hybridized carbons (Fsp3) is 0.375. The highest BCUT2D eigenvalue weighted by molar-refractivity contribution is 5.94. The number of nitrogens with zero attached hydrogens (tertiary/aromatic N) is 6. The Labute approximate surface area is 187 Å². The van der Waals surface area contributed by atoms with E-state index in [2.05, 4.69) is 9.97 Å². The minimum absolute atomic E-state index is 0.192. The molecule has 0 radical (unpaired) electrons. The number of piperidine rings is 1. The Morgan fingerprint density at radius 3 is 2.59 bits per heavy atom. The van der Waals surface area contributed by atoms with E-state index in [4.69, 9.17) is 4.98 Å². The van der Waals surface area contributed by atoms with Gasteiger partial charge in [0.15, 0.2) is 0 Å². The maximum atomic E-state index is 13.6. The molecule has 8 nitrogen and oxygen atoms in total. The van der Waals surface area contributed by atoms with Crippen LogP contribution in [0.25, 0.3) is 11.1 Å². The summed E-state index contributed by atoms with van der Waals surface area (Å²) in [5.41, 5.74) is 3.35. The number of carbonyl (C=O) groups is 1. The molecule has 0 aliphatic carbocycles. The minimum Gasteiger partial charge on any atom is -0.347 e. The molecular formula is C24H28N6O2. The van der Waals surface area contributed by atoms with Crippen molar-refractivity contribution < 1.29 is 4.79 Å². The van der Waals surface area contributed by atoms with Gasteiger partial charge in [-0.1, -0.05) is 0 Å². The normalized spacial score (nSPS) is 16.1. The number of hydrogen-bond acceptors (Lipinski definition) is 6. The summed E-state index contributed by atoms with van der Waals surface area (Å²) in [6.07, 6.45) is 7.94. The highest BCUT2D eigenvalue weighted by Crippen LogP contribution is 2.36. The van der Waals surface area contributed by atoms with Crippen molar-refractivity contribution in [2.45, 2.75) is 32.2 Å². The molecule has 8 heteroatoms. The Balaban J connectivity index is 1.82. The Kier molecular flexibility index (Phi) is 6.03. The summed E-state index contributed by atoms with van der Waals surface area (Å²) in [6.45, 7) is 2.43. The molecule has 0 saturated carbocycles. The molecule has 0 aromatic carbocycles. The predicted molar refractivity (Wildman–Crippen MR) is 124 cm³/mol. The topological polar surface area (TPSA) is 84.2 Å². The van der Waals surface area contributed by atoms with Crippen LogP contribution in [0.4, 0.5) is 5.95 Å². The predicted octanol–water partition coefficient (Wildman–Crippen LogP) is 2.98. The maximum Gasteiger partial charge on any atom is 0.263 e. The largest absolute Gasteiger partial charge is 0.347 e. The molecule has 32 heavy (non-hydrogen) atoms. The van der Waals surface area contributed by atoms with Crippen molar-refractivity contribution in [1.29, 1.82) is 0 Å². The van der Waals surface area contributed by atoms with Gasteiger partial charge in [-0.15, -0.1) is 0 Å². The van der Waals surface area contributed by atoms with E-state index >= 15 is 0 Å². The van der Waals surface area contributed by atoms with Crippen LogP contribution in [0.15, 0.2) is 47.7 Å². The molecule has 1 saturated heterocycles. The standard InChI is InChI=1S/C24H28N6O2/c1-16-8-9-18(22(31)29(16)4)23(32)30-14-6-5-7-20(30)21-19(17-10-12-25-13-11-17)15-26-24(27-21)28(2)3/h8-13,15,20H,5-7,14H2,1-4H3/t20-/m1/s1. The minimum atomic E-state index is -0.273. The fourth-order valence-electron chi connectivity index (χ4n) is 4.11. The Morgan fingerprint density at radius 1 is 1.12 bits per heavy atom. The van der Waals surface area contributed by atoms with Crippen LogP contribution in [0.2, 0.25) is 0 Å². The smallest absolute Gasteiger partial charge is 0.263 e. The maximum absolute atomic E-state index is 13.6. The first-order chi connectivity index (χ1) is 15.4. The third kappa shape index (κ3) is 4.00. The highest BCUT2D eigenvalue weighted by Gasteiger charge is 2.33. The van der Waals surface area contributed by atoms with Gasteiger partial charge in [0.25, 0.3) is 11.5 Å². The van der Waals surface area contributed by atoms with Gasteiger partial charge < -0.3 is 14.4 Å². The molecule has 0 unspecified atom stereocenters. The van der Waals surface area contributed by atoms with Crippen molar-refractivity contribution in [1.82, 2.24) is 24.4 Å². The van der Waals surface area contributed by atoms with Crippen LogP contribution in [0.5, 0.6) is 0 Å². The van der Waals surface area contributed by atoms with Gasteiger partial charge in [-0.2, -0.15) is 0 Å². The molecule has 166 valence electrons. The molecule has 4 heterocycles. The number of anilines is 1. The first-order valence-electron chi connectivity index (χ1n) is 10.8. The van der Waals surface area contributed by atoms with Gasteiger partial charge in [0.1, 0.15) is 5.56 Å². The molecule has 4 rings (SSSR count). The van der Waals surface area contributed by atoms with Crippen molar-refractivity contribution in [2.75, 3.05) is 25.5 Å². The van der Waals surface area contributed by atoms with E-state index in [-0.39, 0.29) is 23.1 Å². The van der Waals surface area contributed by atoms with Crippen LogP contribution in [0.3, 0.4) is 0 Å². The van der Waals surface area contributed by atoms with Crippen LogP contribution in [-0.4, -0.2) is 51.0 Å². The van der Waals surface area contributed by atoms with E-state index in [0.29, 0.717) is 12.5 Å². The van der Waals surface area contributed by atoms with E-state index in [1.807, 2.05) is 55.2 Å². The Bertz CT molecular complexity index is 1190. The lowest BCUT2D eigenvalue weighted by molar-refractivity contribution is 0.0604. The second kappa shape index (κ2) is 8.90. The Hall–Kier alpha value is -3.55. The zero-order chi connectivity index (χ0) is 22.8. The van der Waals surface area contributed by atoms with Gasteiger partial charge in [-0.05, 0) is 56.0 Å². The monoisotopic (exact) mass is 432 g/mol. The van der Waals surface area contributed by atoms with Crippen molar-refractivity contribution in [3.05, 3.63) is 70.2 Å². The highest BCUT2D eigenvalue weighted by atomic mass is 16.2. The quantitative estimate of drug-likeness (QED) is 0.630. The number of carbonyl (C=O) groups excluding carboxylic acids is 1. The zero-order valence-corrected chi connectivity index (χ0v) is 18.9. The van der Waals surface area contributed by atoms with Crippen LogP contribution < -0.4 is 10.5 Å². The third-order valence-electron chi connectivity index (χ3n) is 6.06. The van der Waals surface area contributed by atoms with Crippen molar-refractivity contribution in [3.8, 4) is 11.1 Å². The summed E-state index contributed by atoms with van der Waals surface area (Å²) in [5, 5.41) is 0. The summed E-state index contributed by atoms with van der Waals surface area (Å²) in [7, 11) is 5.48. The molecule has 0 spiro atoms. The van der Waals surface area contributed by atoms with E-state index in [1.165, 1.54) is 4.57 Å². The van der Waals surface area contributed by atoms with Gasteiger partial charge >= 0.3 is 0 Å². The van der Waals surface area contributed by atoms with Gasteiger partial charge in [0, 0.05) is 57.5 Å².